The molecule has 0 unspecified atom stereocenters. The fourth-order valence-corrected chi connectivity index (χ4v) is 3.24. The summed E-state index contributed by atoms with van der Waals surface area (Å²) >= 11 is 0. The number of rotatable bonds is 2. The Morgan fingerprint density at radius 3 is 2.03 bits per heavy atom. The molecular formula is C30H38IrNO2-. The van der Waals surface area contributed by atoms with Crippen LogP contribution in [-0.4, -0.2) is 15.9 Å². The van der Waals surface area contributed by atoms with Crippen molar-refractivity contribution in [2.75, 3.05) is 0 Å². The van der Waals surface area contributed by atoms with Crippen LogP contribution < -0.4 is 0 Å². The van der Waals surface area contributed by atoms with Crippen LogP contribution in [0.3, 0.4) is 0 Å². The van der Waals surface area contributed by atoms with Crippen LogP contribution >= 0.6 is 0 Å². The zero-order valence-electron chi connectivity index (χ0n) is 22.2. The molecule has 1 heterocycles. The molecule has 0 atom stereocenters. The van der Waals surface area contributed by atoms with Crippen molar-refractivity contribution in [1.29, 1.82) is 0 Å². The standard InChI is InChI=1S/C19H18N.C11H20O2.Ir/c1-12-5-6-17-15(4)11-18(20-19(17)10-12)16-8-13(2)7-14(3)9-16;1-10(2,3)8(12)7-9(13)11(4,5)6;/h5-8,10-11H,1-4H3;7,12H,1-6H3;/q-1;;. The molecule has 34 heavy (non-hydrogen) atoms. The number of aliphatic hydroxyl groups is 1. The van der Waals surface area contributed by atoms with Crippen LogP contribution in [0.1, 0.15) is 63.8 Å². The fraction of sp³-hybridized carbons (Fsp3) is 0.400. The number of ketones is 1. The van der Waals surface area contributed by atoms with Gasteiger partial charge in [-0.3, -0.25) is 9.78 Å². The first-order valence-corrected chi connectivity index (χ1v) is 11.4. The Kier molecular flexibility index (Phi) is 9.99. The first kappa shape index (κ1) is 29.7. The molecule has 185 valence electrons. The minimum Gasteiger partial charge on any atom is -0.512 e. The number of carbonyl (C=O) groups excluding carboxylic acids is 1. The summed E-state index contributed by atoms with van der Waals surface area (Å²) in [6.07, 6.45) is 1.33. The molecule has 1 aromatic heterocycles. The summed E-state index contributed by atoms with van der Waals surface area (Å²) in [4.78, 5) is 16.3. The maximum Gasteiger partial charge on any atom is 0.164 e. The van der Waals surface area contributed by atoms with Crippen molar-refractivity contribution in [2.45, 2.75) is 69.2 Å². The monoisotopic (exact) mass is 637 g/mol. The number of aromatic nitrogens is 1. The van der Waals surface area contributed by atoms with E-state index in [2.05, 4.69) is 70.2 Å². The number of fused-ring (bicyclic) bond motifs is 1. The van der Waals surface area contributed by atoms with Crippen molar-refractivity contribution < 1.29 is 30.0 Å². The van der Waals surface area contributed by atoms with Gasteiger partial charge in [0.25, 0.3) is 0 Å². The van der Waals surface area contributed by atoms with Gasteiger partial charge in [-0.2, -0.15) is 0 Å². The maximum atomic E-state index is 11.5. The first-order valence-electron chi connectivity index (χ1n) is 11.4. The third-order valence-corrected chi connectivity index (χ3v) is 5.37. The second kappa shape index (κ2) is 11.4. The Bertz CT molecular complexity index is 1170. The van der Waals surface area contributed by atoms with Gasteiger partial charge in [0.1, 0.15) is 5.76 Å². The topological polar surface area (TPSA) is 50.2 Å². The van der Waals surface area contributed by atoms with E-state index in [0.29, 0.717) is 0 Å². The Labute approximate surface area is 219 Å². The summed E-state index contributed by atoms with van der Waals surface area (Å²) in [5.41, 5.74) is 7.29. The number of hydrogen-bond acceptors (Lipinski definition) is 3. The van der Waals surface area contributed by atoms with Crippen LogP contribution in [-0.2, 0) is 24.9 Å². The molecule has 0 bridgehead atoms. The summed E-state index contributed by atoms with van der Waals surface area (Å²) in [6.45, 7) is 19.6. The van der Waals surface area contributed by atoms with Crippen LogP contribution in [0.5, 0.6) is 0 Å². The predicted molar refractivity (Wildman–Crippen MR) is 140 cm³/mol. The third-order valence-electron chi connectivity index (χ3n) is 5.37. The van der Waals surface area contributed by atoms with E-state index in [1.807, 2.05) is 41.5 Å². The van der Waals surface area contributed by atoms with Crippen molar-refractivity contribution in [1.82, 2.24) is 4.98 Å². The van der Waals surface area contributed by atoms with Gasteiger partial charge in [-0.05, 0) is 36.7 Å². The molecular weight excluding hydrogens is 599 g/mol. The first-order chi connectivity index (χ1) is 15.1. The van der Waals surface area contributed by atoms with E-state index in [0.717, 1.165) is 22.3 Å². The van der Waals surface area contributed by atoms with E-state index in [1.54, 1.807) is 0 Å². The molecule has 3 aromatic rings. The zero-order chi connectivity index (χ0) is 25.1. The van der Waals surface area contributed by atoms with Crippen LogP contribution in [0, 0.1) is 44.6 Å². The normalized spacial score (nSPS) is 12.0. The van der Waals surface area contributed by atoms with E-state index in [1.165, 1.54) is 28.2 Å². The van der Waals surface area contributed by atoms with Gasteiger partial charge < -0.3 is 5.11 Å². The largest absolute Gasteiger partial charge is 0.512 e. The quantitative estimate of drug-likeness (QED) is 0.176. The van der Waals surface area contributed by atoms with Crippen LogP contribution in [0.15, 0.2) is 48.2 Å². The van der Waals surface area contributed by atoms with Crippen molar-refractivity contribution in [2.24, 2.45) is 10.8 Å². The summed E-state index contributed by atoms with van der Waals surface area (Å²) in [7, 11) is 0. The molecule has 0 aliphatic rings. The molecule has 0 aliphatic heterocycles. The second-order valence-corrected chi connectivity index (χ2v) is 11.0. The summed E-state index contributed by atoms with van der Waals surface area (Å²) < 4.78 is 0. The molecule has 0 aliphatic carbocycles. The minimum absolute atomic E-state index is 0. The summed E-state index contributed by atoms with van der Waals surface area (Å²) in [5, 5.41) is 10.8. The molecule has 0 saturated heterocycles. The van der Waals surface area contributed by atoms with Gasteiger partial charge in [-0.25, -0.2) is 0 Å². The number of hydrogen-bond donors (Lipinski definition) is 1. The van der Waals surface area contributed by atoms with Crippen molar-refractivity contribution in [3.63, 3.8) is 0 Å². The van der Waals surface area contributed by atoms with Crippen molar-refractivity contribution in [3.8, 4) is 11.3 Å². The molecule has 4 heteroatoms. The predicted octanol–water partition coefficient (Wildman–Crippen LogP) is 8.02. The van der Waals surface area contributed by atoms with Crippen LogP contribution in [0.25, 0.3) is 22.2 Å². The van der Waals surface area contributed by atoms with Gasteiger partial charge in [0.05, 0.1) is 5.52 Å². The number of benzene rings is 2. The van der Waals surface area contributed by atoms with Crippen molar-refractivity contribution >= 4 is 16.7 Å². The average molecular weight is 637 g/mol. The zero-order valence-corrected chi connectivity index (χ0v) is 24.6. The second-order valence-electron chi connectivity index (χ2n) is 11.0. The van der Waals surface area contributed by atoms with Gasteiger partial charge in [-0.1, -0.05) is 73.6 Å². The molecule has 2 aromatic carbocycles. The number of allylic oxidation sites excluding steroid dienone is 2. The molecule has 3 nitrogen and oxygen atoms in total. The number of aryl methyl sites for hydroxylation is 4. The van der Waals surface area contributed by atoms with Gasteiger partial charge >= 0.3 is 0 Å². The van der Waals surface area contributed by atoms with Crippen LogP contribution in [0.4, 0.5) is 0 Å². The Morgan fingerprint density at radius 2 is 1.50 bits per heavy atom. The summed E-state index contributed by atoms with van der Waals surface area (Å²) in [6, 6.07) is 16.3. The molecule has 1 N–H and O–H groups in total. The number of aliphatic hydroxyl groups excluding tert-OH is 1. The Hall–Kier alpha value is -2.29. The van der Waals surface area contributed by atoms with Gasteiger partial charge in [-0.15, -0.1) is 34.9 Å². The molecule has 0 fully saturated rings. The summed E-state index contributed by atoms with van der Waals surface area (Å²) in [5.74, 6) is 0.104. The maximum absolute atomic E-state index is 11.5. The van der Waals surface area contributed by atoms with Gasteiger partial charge in [0.2, 0.25) is 0 Å². The van der Waals surface area contributed by atoms with E-state index < -0.39 is 5.41 Å². The minimum atomic E-state index is -0.417. The molecule has 0 amide bonds. The third kappa shape index (κ3) is 8.18. The van der Waals surface area contributed by atoms with E-state index in [4.69, 9.17) is 4.98 Å². The molecule has 3 rings (SSSR count). The van der Waals surface area contributed by atoms with E-state index in [-0.39, 0.29) is 37.1 Å². The molecule has 0 spiro atoms. The Morgan fingerprint density at radius 1 is 0.882 bits per heavy atom. The van der Waals surface area contributed by atoms with Gasteiger partial charge in [0.15, 0.2) is 5.78 Å². The van der Waals surface area contributed by atoms with Gasteiger partial charge in [0, 0.05) is 42.4 Å². The van der Waals surface area contributed by atoms with E-state index >= 15 is 0 Å². The van der Waals surface area contributed by atoms with Crippen molar-refractivity contribution in [3.05, 3.63) is 76.6 Å². The Balaban J connectivity index is 0.000000364. The smallest absolute Gasteiger partial charge is 0.164 e. The number of carbonyl (C=O) groups is 1. The molecule has 1 radical (unpaired) electrons. The SMILES string of the molecule is CC(C)(C)C(=O)C=C(O)C(C)(C)C.Cc1[c-]c(-c2cc(C)c3ccc(C)cc3n2)cc(C)c1.[Ir]. The van der Waals surface area contributed by atoms with E-state index in [9.17, 15) is 9.90 Å². The number of pyridine rings is 1. The number of nitrogens with zero attached hydrogens (tertiary/aromatic N) is 1. The average Bonchev–Trinajstić information content (AvgIpc) is 2.65. The molecule has 0 saturated carbocycles. The van der Waals surface area contributed by atoms with Crippen LogP contribution in [0.2, 0.25) is 0 Å². The fourth-order valence-electron chi connectivity index (χ4n) is 3.24.